The summed E-state index contributed by atoms with van der Waals surface area (Å²) < 4.78 is 0. The average Bonchev–Trinajstić information content (AvgIpc) is 2.29. The molecule has 0 atom stereocenters. The summed E-state index contributed by atoms with van der Waals surface area (Å²) in [5.41, 5.74) is 3.08. The van der Waals surface area contributed by atoms with E-state index in [-0.39, 0.29) is 11.6 Å². The van der Waals surface area contributed by atoms with Gasteiger partial charge in [0.2, 0.25) is 0 Å². The maximum absolute atomic E-state index is 10.9. The molecule has 0 unspecified atom stereocenters. The zero-order chi connectivity index (χ0) is 8.27. The number of hydrogen-bond acceptors (Lipinski definition) is 4. The molecular weight excluding hydrogens is 146 g/mol. The Labute approximate surface area is 64.1 Å². The molecule has 1 aliphatic rings. The first-order chi connectivity index (χ1) is 5.25. The molecule has 0 bridgehead atoms. The lowest BCUT2D eigenvalue weighted by Gasteiger charge is -1.93. The summed E-state index contributed by atoms with van der Waals surface area (Å²) in [7, 11) is 0. The van der Waals surface area contributed by atoms with Gasteiger partial charge in [0.25, 0.3) is 5.91 Å². The second kappa shape index (κ2) is 3.14. The van der Waals surface area contributed by atoms with Crippen LogP contribution in [0.1, 0.15) is 13.8 Å². The first kappa shape index (κ1) is 7.71. The molecule has 0 aromatic carbocycles. The van der Waals surface area contributed by atoms with Crippen LogP contribution in [-0.4, -0.2) is 23.9 Å². The molecule has 0 fully saturated rings. The number of hydrogen-bond donors (Lipinski definition) is 1. The van der Waals surface area contributed by atoms with Crippen molar-refractivity contribution in [2.24, 2.45) is 10.3 Å². The highest BCUT2D eigenvalue weighted by Gasteiger charge is 2.21. The summed E-state index contributed by atoms with van der Waals surface area (Å²) >= 11 is 0. The lowest BCUT2D eigenvalue weighted by Crippen LogP contribution is -2.22. The van der Waals surface area contributed by atoms with Crippen LogP contribution >= 0.6 is 0 Å². The summed E-state index contributed by atoms with van der Waals surface area (Å²) in [5, 5.41) is 7.24. The standard InChI is InChI=1S/C6H9N3O2/c1-3-11-9-5-4(2)7-8-6(5)10/h3H2,1-2H3,(H,8,9,10). The Hall–Kier alpha value is -1.39. The lowest BCUT2D eigenvalue weighted by molar-refractivity contribution is -0.114. The number of hydrazone groups is 1. The molecule has 0 aromatic rings. The number of carbonyl (C=O) groups excluding carboxylic acids is 1. The molecule has 1 amide bonds. The van der Waals surface area contributed by atoms with Crippen molar-refractivity contribution in [1.82, 2.24) is 5.43 Å². The molecular formula is C6H9N3O2. The van der Waals surface area contributed by atoms with Crippen LogP contribution in [0.2, 0.25) is 0 Å². The Bertz CT molecular complexity index is 232. The van der Waals surface area contributed by atoms with Gasteiger partial charge in [-0.15, -0.1) is 0 Å². The van der Waals surface area contributed by atoms with E-state index in [2.05, 4.69) is 15.7 Å². The Morgan fingerprint density at radius 1 is 1.73 bits per heavy atom. The predicted octanol–water partition coefficient (Wildman–Crippen LogP) is -0.115. The monoisotopic (exact) mass is 155 g/mol. The van der Waals surface area contributed by atoms with Gasteiger partial charge < -0.3 is 4.84 Å². The molecule has 1 N–H and O–H groups in total. The number of nitrogens with one attached hydrogen (secondary N) is 1. The van der Waals surface area contributed by atoms with Gasteiger partial charge in [0.1, 0.15) is 6.61 Å². The van der Waals surface area contributed by atoms with Crippen LogP contribution in [0.4, 0.5) is 0 Å². The third-order valence-electron chi connectivity index (χ3n) is 1.17. The minimum atomic E-state index is -0.309. The van der Waals surface area contributed by atoms with Gasteiger partial charge in [0.05, 0.1) is 5.71 Å². The van der Waals surface area contributed by atoms with E-state index in [0.29, 0.717) is 12.3 Å². The molecule has 0 radical (unpaired) electrons. The van der Waals surface area contributed by atoms with Gasteiger partial charge in [-0.05, 0) is 13.8 Å². The molecule has 0 aromatic heterocycles. The summed E-state index contributed by atoms with van der Waals surface area (Å²) in [6, 6.07) is 0. The molecule has 1 heterocycles. The summed E-state index contributed by atoms with van der Waals surface area (Å²) in [5.74, 6) is -0.309. The zero-order valence-electron chi connectivity index (χ0n) is 6.42. The summed E-state index contributed by atoms with van der Waals surface area (Å²) in [6.07, 6.45) is 0. The van der Waals surface area contributed by atoms with Crippen LogP contribution in [0.15, 0.2) is 10.3 Å². The molecule has 11 heavy (non-hydrogen) atoms. The molecule has 0 spiro atoms. The molecule has 0 saturated heterocycles. The second-order valence-electron chi connectivity index (χ2n) is 2.00. The van der Waals surface area contributed by atoms with E-state index in [1.54, 1.807) is 13.8 Å². The van der Waals surface area contributed by atoms with Crippen LogP contribution in [-0.2, 0) is 9.63 Å². The molecule has 0 saturated carbocycles. The van der Waals surface area contributed by atoms with E-state index in [4.69, 9.17) is 4.84 Å². The highest BCUT2D eigenvalue weighted by atomic mass is 16.6. The third kappa shape index (κ3) is 1.54. The maximum Gasteiger partial charge on any atom is 0.295 e. The fourth-order valence-corrected chi connectivity index (χ4v) is 0.641. The van der Waals surface area contributed by atoms with Gasteiger partial charge in [-0.25, -0.2) is 5.43 Å². The third-order valence-corrected chi connectivity index (χ3v) is 1.17. The van der Waals surface area contributed by atoms with E-state index in [0.717, 1.165) is 0 Å². The number of oxime groups is 1. The second-order valence-corrected chi connectivity index (χ2v) is 2.00. The molecule has 1 aliphatic heterocycles. The summed E-state index contributed by atoms with van der Waals surface area (Å²) in [4.78, 5) is 15.6. The Balaban J connectivity index is 2.69. The molecule has 5 heteroatoms. The van der Waals surface area contributed by atoms with Gasteiger partial charge in [-0.1, -0.05) is 5.16 Å². The minimum absolute atomic E-state index is 0.256. The fraction of sp³-hybridized carbons (Fsp3) is 0.500. The van der Waals surface area contributed by atoms with Crippen LogP contribution in [0.3, 0.4) is 0 Å². The van der Waals surface area contributed by atoms with Crippen LogP contribution in [0.25, 0.3) is 0 Å². The van der Waals surface area contributed by atoms with Crippen molar-refractivity contribution in [3.63, 3.8) is 0 Å². The number of carbonyl (C=O) groups is 1. The molecule has 1 rings (SSSR count). The fourth-order valence-electron chi connectivity index (χ4n) is 0.641. The highest BCUT2D eigenvalue weighted by Crippen LogP contribution is 1.93. The Morgan fingerprint density at radius 2 is 2.45 bits per heavy atom. The number of rotatable bonds is 2. The number of amides is 1. The molecule has 0 aliphatic carbocycles. The van der Waals surface area contributed by atoms with E-state index in [9.17, 15) is 4.79 Å². The van der Waals surface area contributed by atoms with E-state index in [1.807, 2.05) is 0 Å². The van der Waals surface area contributed by atoms with Crippen molar-refractivity contribution in [3.05, 3.63) is 0 Å². The first-order valence-electron chi connectivity index (χ1n) is 3.30. The largest absolute Gasteiger partial charge is 0.395 e. The zero-order valence-corrected chi connectivity index (χ0v) is 6.42. The van der Waals surface area contributed by atoms with Gasteiger partial charge in [0.15, 0.2) is 5.71 Å². The average molecular weight is 155 g/mol. The van der Waals surface area contributed by atoms with Crippen LogP contribution < -0.4 is 5.43 Å². The lowest BCUT2D eigenvalue weighted by atomic mass is 10.3. The van der Waals surface area contributed by atoms with Crippen molar-refractivity contribution in [2.45, 2.75) is 13.8 Å². The van der Waals surface area contributed by atoms with Crippen molar-refractivity contribution in [1.29, 1.82) is 0 Å². The van der Waals surface area contributed by atoms with E-state index >= 15 is 0 Å². The van der Waals surface area contributed by atoms with E-state index in [1.165, 1.54) is 0 Å². The van der Waals surface area contributed by atoms with Crippen molar-refractivity contribution >= 4 is 17.3 Å². The summed E-state index contributed by atoms with van der Waals surface area (Å²) in [6.45, 7) is 3.93. The quantitative estimate of drug-likeness (QED) is 0.565. The van der Waals surface area contributed by atoms with Gasteiger partial charge in [0, 0.05) is 0 Å². The predicted molar refractivity (Wildman–Crippen MR) is 40.3 cm³/mol. The van der Waals surface area contributed by atoms with Crippen molar-refractivity contribution in [3.8, 4) is 0 Å². The topological polar surface area (TPSA) is 63.0 Å². The van der Waals surface area contributed by atoms with Gasteiger partial charge in [-0.2, -0.15) is 5.10 Å². The first-order valence-corrected chi connectivity index (χ1v) is 3.30. The smallest absolute Gasteiger partial charge is 0.295 e. The Morgan fingerprint density at radius 3 is 2.91 bits per heavy atom. The maximum atomic E-state index is 10.9. The highest BCUT2D eigenvalue weighted by molar-refractivity contribution is 6.68. The van der Waals surface area contributed by atoms with Gasteiger partial charge in [-0.3, -0.25) is 4.79 Å². The normalized spacial score (nSPS) is 20.0. The SMILES string of the molecule is CCO/N=C1\C(=O)NN=C1C. The molecule has 5 nitrogen and oxygen atoms in total. The van der Waals surface area contributed by atoms with Crippen LogP contribution in [0, 0.1) is 0 Å². The van der Waals surface area contributed by atoms with Gasteiger partial charge >= 0.3 is 0 Å². The van der Waals surface area contributed by atoms with E-state index < -0.39 is 0 Å². The van der Waals surface area contributed by atoms with Crippen molar-refractivity contribution < 1.29 is 9.63 Å². The minimum Gasteiger partial charge on any atom is -0.395 e. The Kier molecular flexibility index (Phi) is 2.20. The molecule has 60 valence electrons. The number of nitrogens with zero attached hydrogens (tertiary/aromatic N) is 2. The van der Waals surface area contributed by atoms with Crippen LogP contribution in [0.5, 0.6) is 0 Å². The van der Waals surface area contributed by atoms with Crippen molar-refractivity contribution in [2.75, 3.05) is 6.61 Å².